The fourth-order valence-corrected chi connectivity index (χ4v) is 4.26. The molecule has 0 spiro atoms. The van der Waals surface area contributed by atoms with Gasteiger partial charge < -0.3 is 4.74 Å². The third kappa shape index (κ3) is 5.31. The van der Waals surface area contributed by atoms with E-state index < -0.39 is 7.42 Å². The highest BCUT2D eigenvalue weighted by molar-refractivity contribution is 7.33. The smallest absolute Gasteiger partial charge is 0.237 e. The maximum absolute atomic E-state index is 5.83. The van der Waals surface area contributed by atoms with Crippen LogP contribution in [0.4, 0.5) is 0 Å². The molecule has 0 saturated heterocycles. The van der Waals surface area contributed by atoms with Gasteiger partial charge in [-0.05, 0) is 54.8 Å². The summed E-state index contributed by atoms with van der Waals surface area (Å²) >= 11 is 11.7. The lowest BCUT2D eigenvalue weighted by molar-refractivity contribution is 0.316. The summed E-state index contributed by atoms with van der Waals surface area (Å²) in [4.78, 5) is 0. The molecular formula is C16H24Cl2OSi. The van der Waals surface area contributed by atoms with Crippen molar-refractivity contribution < 1.29 is 4.74 Å². The van der Waals surface area contributed by atoms with Crippen molar-refractivity contribution in [3.05, 3.63) is 29.8 Å². The maximum atomic E-state index is 5.83. The normalized spacial score (nSPS) is 23.0. The molecule has 1 aliphatic rings. The van der Waals surface area contributed by atoms with E-state index in [1.807, 2.05) is 0 Å². The topological polar surface area (TPSA) is 9.23 Å². The van der Waals surface area contributed by atoms with Gasteiger partial charge in [-0.2, -0.15) is 22.2 Å². The number of hydrogen-bond acceptors (Lipinski definition) is 1. The summed E-state index contributed by atoms with van der Waals surface area (Å²) in [7, 11) is -1.46. The molecule has 1 nitrogen and oxygen atoms in total. The Morgan fingerprint density at radius 1 is 1.10 bits per heavy atom. The van der Waals surface area contributed by atoms with Crippen LogP contribution < -0.4 is 4.74 Å². The molecule has 0 atom stereocenters. The van der Waals surface area contributed by atoms with Crippen LogP contribution in [0.25, 0.3) is 0 Å². The molecule has 20 heavy (non-hydrogen) atoms. The number of halogens is 2. The minimum Gasteiger partial charge on any atom is -0.494 e. The Kier molecular flexibility index (Phi) is 6.72. The number of benzene rings is 1. The van der Waals surface area contributed by atoms with Crippen LogP contribution in [0.15, 0.2) is 24.3 Å². The first-order valence-corrected chi connectivity index (χ1v) is 12.0. The predicted octanol–water partition coefficient (Wildman–Crippen LogP) is 5.45. The second-order valence-corrected chi connectivity index (χ2v) is 11.1. The number of rotatable bonds is 6. The van der Waals surface area contributed by atoms with Crippen LogP contribution in [0.2, 0.25) is 6.04 Å². The van der Waals surface area contributed by atoms with E-state index in [1.165, 1.54) is 31.2 Å². The molecule has 112 valence electrons. The minimum absolute atomic E-state index is 0.712. The molecule has 0 N–H and O–H groups in total. The van der Waals surface area contributed by atoms with Crippen LogP contribution in [-0.4, -0.2) is 14.0 Å². The lowest BCUT2D eigenvalue weighted by Crippen LogP contribution is -2.10. The molecule has 0 unspecified atom stereocenters. The van der Waals surface area contributed by atoms with E-state index in [4.69, 9.17) is 26.9 Å². The Bertz CT molecular complexity index is 386. The fraction of sp³-hybridized carbons (Fsp3) is 0.625. The van der Waals surface area contributed by atoms with Gasteiger partial charge in [-0.3, -0.25) is 0 Å². The highest BCUT2D eigenvalue weighted by atomic mass is 35.7. The third-order valence-electron chi connectivity index (χ3n) is 4.20. The summed E-state index contributed by atoms with van der Waals surface area (Å²) in [6.45, 7) is 3.07. The second kappa shape index (κ2) is 8.31. The molecule has 0 radical (unpaired) electrons. The van der Waals surface area contributed by atoms with Gasteiger partial charge in [-0.15, -0.1) is 0 Å². The van der Waals surface area contributed by atoms with Gasteiger partial charge in [0.1, 0.15) is 5.75 Å². The largest absolute Gasteiger partial charge is 0.494 e. The Morgan fingerprint density at radius 3 is 2.35 bits per heavy atom. The molecule has 0 heterocycles. The standard InChI is InChI=1S/C16H24Cl2OSi/c1-13-3-5-14(6-4-13)15-7-9-16(10-8-15)19-11-2-12-20(17)18/h7-10,13-14,20H,2-6,11-12H2,1H3/t13-,14-. The molecule has 1 aromatic carbocycles. The molecule has 1 aliphatic carbocycles. The molecule has 2 rings (SSSR count). The fourth-order valence-electron chi connectivity index (χ4n) is 2.86. The van der Waals surface area contributed by atoms with Crippen LogP contribution in [0, 0.1) is 5.92 Å². The molecule has 0 amide bonds. The summed E-state index contributed by atoms with van der Waals surface area (Å²) in [5, 5.41) is 0. The quantitative estimate of drug-likeness (QED) is 0.383. The van der Waals surface area contributed by atoms with E-state index in [1.54, 1.807) is 0 Å². The van der Waals surface area contributed by atoms with Crippen LogP contribution >= 0.6 is 22.2 Å². The predicted molar refractivity (Wildman–Crippen MR) is 90.6 cm³/mol. The van der Waals surface area contributed by atoms with Crippen LogP contribution in [0.1, 0.15) is 50.5 Å². The lowest BCUT2D eigenvalue weighted by Gasteiger charge is -2.26. The van der Waals surface area contributed by atoms with E-state index in [-0.39, 0.29) is 0 Å². The number of hydrogen-bond donors (Lipinski definition) is 0. The zero-order valence-corrected chi connectivity index (χ0v) is 14.8. The molecule has 0 aliphatic heterocycles. The molecular weight excluding hydrogens is 307 g/mol. The molecule has 1 aromatic rings. The van der Waals surface area contributed by atoms with Gasteiger partial charge in [0, 0.05) is 0 Å². The molecule has 0 aromatic heterocycles. The van der Waals surface area contributed by atoms with Gasteiger partial charge in [0.05, 0.1) is 6.61 Å². The summed E-state index contributed by atoms with van der Waals surface area (Å²) in [5.74, 6) is 2.62. The zero-order chi connectivity index (χ0) is 14.4. The average Bonchev–Trinajstić information content (AvgIpc) is 2.45. The van der Waals surface area contributed by atoms with Crippen molar-refractivity contribution in [1.82, 2.24) is 0 Å². The van der Waals surface area contributed by atoms with Gasteiger partial charge in [-0.25, -0.2) is 0 Å². The molecule has 1 saturated carbocycles. The summed E-state index contributed by atoms with van der Waals surface area (Å²) in [6.07, 6.45) is 6.35. The van der Waals surface area contributed by atoms with E-state index in [0.717, 1.165) is 30.1 Å². The van der Waals surface area contributed by atoms with Crippen molar-refractivity contribution in [2.45, 2.75) is 51.0 Å². The summed E-state index contributed by atoms with van der Waals surface area (Å²) < 4.78 is 5.72. The minimum atomic E-state index is -1.46. The van der Waals surface area contributed by atoms with E-state index in [2.05, 4.69) is 31.2 Å². The van der Waals surface area contributed by atoms with Gasteiger partial charge in [0.2, 0.25) is 7.42 Å². The third-order valence-corrected chi connectivity index (χ3v) is 6.36. The monoisotopic (exact) mass is 330 g/mol. The number of ether oxygens (including phenoxy) is 1. The highest BCUT2D eigenvalue weighted by Gasteiger charge is 2.19. The SMILES string of the molecule is C[C@H]1CC[C@H](c2ccc(OCCC[SiH](Cl)Cl)cc2)CC1. The Hall–Kier alpha value is -0.183. The van der Waals surface area contributed by atoms with Gasteiger partial charge in [-0.1, -0.05) is 31.9 Å². The highest BCUT2D eigenvalue weighted by Crippen LogP contribution is 2.35. The van der Waals surface area contributed by atoms with Crippen LogP contribution in [-0.2, 0) is 0 Å². The Morgan fingerprint density at radius 2 is 1.75 bits per heavy atom. The van der Waals surface area contributed by atoms with E-state index in [9.17, 15) is 0 Å². The van der Waals surface area contributed by atoms with E-state index in [0.29, 0.717) is 6.61 Å². The van der Waals surface area contributed by atoms with Crippen molar-refractivity contribution in [2.75, 3.05) is 6.61 Å². The van der Waals surface area contributed by atoms with Crippen molar-refractivity contribution in [3.63, 3.8) is 0 Å². The Balaban J connectivity index is 1.77. The van der Waals surface area contributed by atoms with Gasteiger partial charge >= 0.3 is 0 Å². The van der Waals surface area contributed by atoms with E-state index >= 15 is 0 Å². The van der Waals surface area contributed by atoms with Gasteiger partial charge in [0.25, 0.3) is 0 Å². The second-order valence-electron chi connectivity index (χ2n) is 5.91. The zero-order valence-electron chi connectivity index (χ0n) is 12.2. The first kappa shape index (κ1) is 16.2. The van der Waals surface area contributed by atoms with Crippen molar-refractivity contribution in [3.8, 4) is 5.75 Å². The molecule has 4 heteroatoms. The van der Waals surface area contributed by atoms with Crippen LogP contribution in [0.3, 0.4) is 0 Å². The van der Waals surface area contributed by atoms with Crippen molar-refractivity contribution >= 4 is 29.6 Å². The molecule has 0 bridgehead atoms. The maximum Gasteiger partial charge on any atom is 0.237 e. The van der Waals surface area contributed by atoms with Crippen molar-refractivity contribution in [1.29, 1.82) is 0 Å². The summed E-state index contributed by atoms with van der Waals surface area (Å²) in [6, 6.07) is 9.59. The summed E-state index contributed by atoms with van der Waals surface area (Å²) in [5.41, 5.74) is 1.47. The van der Waals surface area contributed by atoms with Gasteiger partial charge in [0.15, 0.2) is 0 Å². The Labute approximate surface area is 133 Å². The lowest BCUT2D eigenvalue weighted by atomic mass is 9.79. The first-order chi connectivity index (χ1) is 9.65. The van der Waals surface area contributed by atoms with Crippen LogP contribution in [0.5, 0.6) is 5.75 Å². The van der Waals surface area contributed by atoms with Crippen molar-refractivity contribution in [2.24, 2.45) is 5.92 Å². The average molecular weight is 331 g/mol. The first-order valence-electron chi connectivity index (χ1n) is 7.66. The molecule has 1 fully saturated rings.